The fourth-order valence-electron chi connectivity index (χ4n) is 1.32. The van der Waals surface area contributed by atoms with Crippen LogP contribution in [0.15, 0.2) is 18.2 Å². The first-order valence-electron chi connectivity index (χ1n) is 5.34. The van der Waals surface area contributed by atoms with Crippen molar-refractivity contribution in [2.75, 3.05) is 5.32 Å². The highest BCUT2D eigenvalue weighted by atomic mass is 16.6. The first kappa shape index (κ1) is 13.3. The van der Waals surface area contributed by atoms with E-state index in [9.17, 15) is 9.90 Å². The summed E-state index contributed by atoms with van der Waals surface area (Å²) in [4.78, 5) is 11.6. The number of anilines is 1. The minimum absolute atomic E-state index is 0.0565. The Kier molecular flexibility index (Phi) is 3.96. The Balaban J connectivity index is 2.82. The number of nitrogens with one attached hydrogen (secondary N) is 1. The van der Waals surface area contributed by atoms with Crippen LogP contribution >= 0.6 is 0 Å². The predicted molar refractivity (Wildman–Crippen MR) is 65.9 cm³/mol. The van der Waals surface area contributed by atoms with Crippen molar-refractivity contribution in [3.05, 3.63) is 23.8 Å². The van der Waals surface area contributed by atoms with Crippen molar-refractivity contribution in [2.45, 2.75) is 32.9 Å². The van der Waals surface area contributed by atoms with Crippen LogP contribution in [0.2, 0.25) is 0 Å². The molecule has 1 aromatic rings. The molecule has 1 rings (SSSR count). The first-order valence-corrected chi connectivity index (χ1v) is 5.34. The molecule has 0 aliphatic heterocycles. The van der Waals surface area contributed by atoms with Crippen LogP contribution in [0.3, 0.4) is 0 Å². The maximum Gasteiger partial charge on any atom is 0.412 e. The average molecular weight is 238 g/mol. The van der Waals surface area contributed by atoms with Crippen LogP contribution in [-0.2, 0) is 11.3 Å². The van der Waals surface area contributed by atoms with Crippen molar-refractivity contribution in [3.8, 4) is 5.75 Å². The number of hydrogen-bond acceptors (Lipinski definition) is 4. The van der Waals surface area contributed by atoms with E-state index >= 15 is 0 Å². The molecule has 17 heavy (non-hydrogen) atoms. The van der Waals surface area contributed by atoms with Gasteiger partial charge in [0.1, 0.15) is 11.4 Å². The monoisotopic (exact) mass is 238 g/mol. The van der Waals surface area contributed by atoms with Gasteiger partial charge >= 0.3 is 6.09 Å². The second kappa shape index (κ2) is 5.05. The summed E-state index contributed by atoms with van der Waals surface area (Å²) in [6.45, 7) is 5.47. The van der Waals surface area contributed by atoms with Crippen LogP contribution in [0.25, 0.3) is 0 Å². The van der Waals surface area contributed by atoms with Crippen LogP contribution in [0.1, 0.15) is 26.3 Å². The molecule has 5 nitrogen and oxygen atoms in total. The second-order valence-electron chi connectivity index (χ2n) is 4.63. The lowest BCUT2D eigenvalue weighted by Gasteiger charge is -2.20. The number of carbonyl (C=O) groups is 1. The van der Waals surface area contributed by atoms with Crippen LogP contribution in [0.5, 0.6) is 5.75 Å². The Morgan fingerprint density at radius 2 is 2.12 bits per heavy atom. The smallest absolute Gasteiger partial charge is 0.412 e. The van der Waals surface area contributed by atoms with Crippen molar-refractivity contribution in [3.63, 3.8) is 0 Å². The first-order chi connectivity index (χ1) is 7.83. The van der Waals surface area contributed by atoms with E-state index < -0.39 is 11.7 Å². The van der Waals surface area contributed by atoms with Gasteiger partial charge in [-0.1, -0.05) is 6.07 Å². The molecule has 0 aliphatic rings. The van der Waals surface area contributed by atoms with Crippen molar-refractivity contribution in [2.24, 2.45) is 5.73 Å². The normalized spacial score (nSPS) is 11.1. The molecule has 0 radical (unpaired) electrons. The van der Waals surface area contributed by atoms with E-state index in [1.807, 2.05) is 0 Å². The standard InChI is InChI=1S/C12H18N2O3/c1-12(2,3)17-11(16)14-9-5-4-6-10(15)8(9)7-13/h4-6,15H,7,13H2,1-3H3,(H,14,16). The largest absolute Gasteiger partial charge is 0.508 e. The molecule has 0 bridgehead atoms. The van der Waals surface area contributed by atoms with Crippen LogP contribution in [0.4, 0.5) is 10.5 Å². The van der Waals surface area contributed by atoms with Gasteiger partial charge in [-0.15, -0.1) is 0 Å². The van der Waals surface area contributed by atoms with Gasteiger partial charge in [0, 0.05) is 12.1 Å². The maximum atomic E-state index is 11.6. The molecular weight excluding hydrogens is 220 g/mol. The summed E-state index contributed by atoms with van der Waals surface area (Å²) < 4.78 is 5.11. The van der Waals surface area contributed by atoms with E-state index in [1.54, 1.807) is 32.9 Å². The predicted octanol–water partition coefficient (Wildman–Crippen LogP) is 2.20. The molecular formula is C12H18N2O3. The summed E-state index contributed by atoms with van der Waals surface area (Å²) >= 11 is 0. The van der Waals surface area contributed by atoms with E-state index in [0.29, 0.717) is 11.3 Å². The highest BCUT2D eigenvalue weighted by molar-refractivity contribution is 5.86. The molecule has 0 aromatic heterocycles. The third-order valence-corrected chi connectivity index (χ3v) is 1.99. The molecule has 0 atom stereocenters. The topological polar surface area (TPSA) is 84.6 Å². The molecule has 0 saturated carbocycles. The van der Waals surface area contributed by atoms with Gasteiger partial charge in [0.2, 0.25) is 0 Å². The number of amides is 1. The number of phenolic OH excluding ortho intramolecular Hbond substituents is 1. The van der Waals surface area contributed by atoms with E-state index in [2.05, 4.69) is 5.32 Å². The minimum atomic E-state index is -0.571. The quantitative estimate of drug-likeness (QED) is 0.737. The molecule has 1 aromatic carbocycles. The van der Waals surface area contributed by atoms with Crippen molar-refractivity contribution in [1.82, 2.24) is 0 Å². The average Bonchev–Trinajstić information content (AvgIpc) is 2.14. The lowest BCUT2D eigenvalue weighted by Crippen LogP contribution is -2.27. The molecule has 0 unspecified atom stereocenters. The highest BCUT2D eigenvalue weighted by Crippen LogP contribution is 2.25. The summed E-state index contributed by atoms with van der Waals surface area (Å²) in [6.07, 6.45) is -0.571. The molecule has 0 aliphatic carbocycles. The zero-order valence-corrected chi connectivity index (χ0v) is 10.3. The number of aromatic hydroxyl groups is 1. The lowest BCUT2D eigenvalue weighted by molar-refractivity contribution is 0.0636. The molecule has 94 valence electrons. The van der Waals surface area contributed by atoms with Crippen molar-refractivity contribution < 1.29 is 14.6 Å². The zero-order chi connectivity index (χ0) is 13.1. The number of rotatable bonds is 2. The van der Waals surface area contributed by atoms with Gasteiger partial charge in [-0.25, -0.2) is 4.79 Å². The Labute approximate surface area is 101 Å². The Morgan fingerprint density at radius 1 is 1.47 bits per heavy atom. The van der Waals surface area contributed by atoms with Gasteiger partial charge in [-0.05, 0) is 32.9 Å². The molecule has 0 fully saturated rings. The fraction of sp³-hybridized carbons (Fsp3) is 0.417. The summed E-state index contributed by atoms with van der Waals surface area (Å²) in [5.74, 6) is 0.0565. The van der Waals surface area contributed by atoms with E-state index in [4.69, 9.17) is 10.5 Å². The van der Waals surface area contributed by atoms with Gasteiger partial charge in [-0.3, -0.25) is 5.32 Å². The number of carbonyl (C=O) groups excluding carboxylic acids is 1. The minimum Gasteiger partial charge on any atom is -0.508 e. The summed E-state index contributed by atoms with van der Waals surface area (Å²) in [5.41, 5.74) is 5.88. The number of hydrogen-bond donors (Lipinski definition) is 3. The van der Waals surface area contributed by atoms with Crippen molar-refractivity contribution in [1.29, 1.82) is 0 Å². The lowest BCUT2D eigenvalue weighted by atomic mass is 10.1. The van der Waals surface area contributed by atoms with Gasteiger partial charge in [0.25, 0.3) is 0 Å². The Hall–Kier alpha value is -1.75. The third kappa shape index (κ3) is 3.96. The van der Waals surface area contributed by atoms with Gasteiger partial charge < -0.3 is 15.6 Å². The van der Waals surface area contributed by atoms with Crippen LogP contribution in [-0.4, -0.2) is 16.8 Å². The summed E-state index contributed by atoms with van der Waals surface area (Å²) in [6, 6.07) is 4.80. The SMILES string of the molecule is CC(C)(C)OC(=O)Nc1cccc(O)c1CN. The second-order valence-corrected chi connectivity index (χ2v) is 4.63. The molecule has 5 heteroatoms. The van der Waals surface area contributed by atoms with E-state index in [1.165, 1.54) is 6.07 Å². The Morgan fingerprint density at radius 3 is 2.65 bits per heavy atom. The van der Waals surface area contributed by atoms with Crippen molar-refractivity contribution >= 4 is 11.8 Å². The molecule has 4 N–H and O–H groups in total. The summed E-state index contributed by atoms with van der Waals surface area (Å²) in [5, 5.41) is 12.1. The van der Waals surface area contributed by atoms with Gasteiger partial charge in [0.15, 0.2) is 0 Å². The number of benzene rings is 1. The zero-order valence-electron chi connectivity index (χ0n) is 10.3. The molecule has 1 amide bonds. The van der Waals surface area contributed by atoms with Crippen LogP contribution in [0, 0.1) is 0 Å². The summed E-state index contributed by atoms with van der Waals surface area (Å²) in [7, 11) is 0. The van der Waals surface area contributed by atoms with Gasteiger partial charge in [0.05, 0.1) is 5.69 Å². The molecule has 0 saturated heterocycles. The highest BCUT2D eigenvalue weighted by Gasteiger charge is 2.17. The van der Waals surface area contributed by atoms with Gasteiger partial charge in [-0.2, -0.15) is 0 Å². The fourth-order valence-corrected chi connectivity index (χ4v) is 1.32. The maximum absolute atomic E-state index is 11.6. The third-order valence-electron chi connectivity index (χ3n) is 1.99. The molecule has 0 heterocycles. The van der Waals surface area contributed by atoms with Crippen LogP contribution < -0.4 is 11.1 Å². The molecule has 0 spiro atoms. The Bertz CT molecular complexity index is 411. The van der Waals surface area contributed by atoms with E-state index in [-0.39, 0.29) is 12.3 Å². The number of nitrogens with two attached hydrogens (primary N) is 1. The number of ether oxygens (including phenoxy) is 1. The van der Waals surface area contributed by atoms with E-state index in [0.717, 1.165) is 0 Å². The number of phenols is 1.